The lowest BCUT2D eigenvalue weighted by atomic mass is 10.2. The van der Waals surface area contributed by atoms with E-state index in [0.29, 0.717) is 11.3 Å². The normalized spacial score (nSPS) is 11.5. The molecular weight excluding hydrogens is 379 g/mol. The number of amides is 2. The van der Waals surface area contributed by atoms with Gasteiger partial charge in [0.25, 0.3) is 5.91 Å². The van der Waals surface area contributed by atoms with Crippen LogP contribution in [0.2, 0.25) is 0 Å². The van der Waals surface area contributed by atoms with Crippen molar-refractivity contribution in [2.75, 3.05) is 5.32 Å². The first kappa shape index (κ1) is 15.5. The van der Waals surface area contributed by atoms with Crippen LogP contribution >= 0.6 is 22.6 Å². The summed E-state index contributed by atoms with van der Waals surface area (Å²) in [5.41, 5.74) is 1.24. The molecule has 0 aliphatic rings. The van der Waals surface area contributed by atoms with Gasteiger partial charge in [0, 0.05) is 14.8 Å². The van der Waals surface area contributed by atoms with Crippen LogP contribution in [0.1, 0.15) is 17.3 Å². The van der Waals surface area contributed by atoms with Gasteiger partial charge in [-0.1, -0.05) is 18.2 Å². The average Bonchev–Trinajstić information content (AvgIpc) is 2.50. The summed E-state index contributed by atoms with van der Waals surface area (Å²) < 4.78 is 1.09. The Bertz CT molecular complexity index is 626. The van der Waals surface area contributed by atoms with Crippen LogP contribution in [0.4, 0.5) is 5.69 Å². The number of benzene rings is 2. The standard InChI is InChI=1S/C16H15IN2O2/c1-11(18-16(21)12-5-3-2-4-6-12)15(20)19-14-9-7-13(17)8-10-14/h2-11H,1H3,(H,18,21)(H,19,20). The monoisotopic (exact) mass is 394 g/mol. The summed E-state index contributed by atoms with van der Waals surface area (Å²) in [4.78, 5) is 24.0. The van der Waals surface area contributed by atoms with Gasteiger partial charge in [-0.2, -0.15) is 0 Å². The lowest BCUT2D eigenvalue weighted by Crippen LogP contribution is -2.41. The number of rotatable bonds is 4. The first-order valence-electron chi connectivity index (χ1n) is 6.48. The van der Waals surface area contributed by atoms with Gasteiger partial charge in [0.1, 0.15) is 6.04 Å². The SMILES string of the molecule is CC(NC(=O)c1ccccc1)C(=O)Nc1ccc(I)cc1. The Balaban J connectivity index is 1.93. The average molecular weight is 394 g/mol. The minimum Gasteiger partial charge on any atom is -0.341 e. The van der Waals surface area contributed by atoms with E-state index in [2.05, 4.69) is 33.2 Å². The van der Waals surface area contributed by atoms with E-state index < -0.39 is 6.04 Å². The molecule has 0 fully saturated rings. The van der Waals surface area contributed by atoms with Crippen molar-refractivity contribution in [2.45, 2.75) is 13.0 Å². The molecule has 2 aromatic carbocycles. The van der Waals surface area contributed by atoms with Crippen molar-refractivity contribution in [3.63, 3.8) is 0 Å². The second-order valence-corrected chi connectivity index (χ2v) is 5.80. The van der Waals surface area contributed by atoms with Crippen molar-refractivity contribution in [1.29, 1.82) is 0 Å². The molecule has 2 rings (SSSR count). The van der Waals surface area contributed by atoms with Crippen LogP contribution in [0.15, 0.2) is 54.6 Å². The van der Waals surface area contributed by atoms with E-state index in [1.165, 1.54) is 0 Å². The van der Waals surface area contributed by atoms with E-state index in [-0.39, 0.29) is 11.8 Å². The van der Waals surface area contributed by atoms with Crippen LogP contribution in [0.3, 0.4) is 0 Å². The number of carbonyl (C=O) groups excluding carboxylic acids is 2. The molecule has 0 heterocycles. The highest BCUT2D eigenvalue weighted by Gasteiger charge is 2.16. The second kappa shape index (κ2) is 7.21. The number of hydrogen-bond donors (Lipinski definition) is 2. The predicted molar refractivity (Wildman–Crippen MR) is 91.2 cm³/mol. The summed E-state index contributed by atoms with van der Waals surface area (Å²) in [6.45, 7) is 1.66. The van der Waals surface area contributed by atoms with E-state index in [0.717, 1.165) is 3.57 Å². The third-order valence-electron chi connectivity index (χ3n) is 2.89. The molecule has 1 unspecified atom stereocenters. The molecule has 0 bridgehead atoms. The molecule has 21 heavy (non-hydrogen) atoms. The lowest BCUT2D eigenvalue weighted by Gasteiger charge is -2.14. The minimum absolute atomic E-state index is 0.250. The molecule has 2 aromatic rings. The molecule has 108 valence electrons. The number of anilines is 1. The molecule has 0 radical (unpaired) electrons. The van der Waals surface area contributed by atoms with Crippen molar-refractivity contribution in [3.05, 3.63) is 63.7 Å². The van der Waals surface area contributed by atoms with Crippen LogP contribution in [0, 0.1) is 3.57 Å². The zero-order valence-electron chi connectivity index (χ0n) is 11.5. The largest absolute Gasteiger partial charge is 0.341 e. The molecule has 0 spiro atoms. The zero-order valence-corrected chi connectivity index (χ0v) is 13.6. The van der Waals surface area contributed by atoms with Gasteiger partial charge in [0.15, 0.2) is 0 Å². The predicted octanol–water partition coefficient (Wildman–Crippen LogP) is 3.05. The summed E-state index contributed by atoms with van der Waals surface area (Å²) in [6, 6.07) is 15.7. The highest BCUT2D eigenvalue weighted by atomic mass is 127. The van der Waals surface area contributed by atoms with Crippen LogP contribution in [0.5, 0.6) is 0 Å². The molecule has 0 aliphatic heterocycles. The van der Waals surface area contributed by atoms with E-state index >= 15 is 0 Å². The molecule has 0 saturated carbocycles. The van der Waals surface area contributed by atoms with Crippen LogP contribution in [0.25, 0.3) is 0 Å². The summed E-state index contributed by atoms with van der Waals surface area (Å²) in [6.07, 6.45) is 0. The van der Waals surface area contributed by atoms with E-state index in [4.69, 9.17) is 0 Å². The summed E-state index contributed by atoms with van der Waals surface area (Å²) in [5.74, 6) is -0.513. The highest BCUT2D eigenvalue weighted by molar-refractivity contribution is 14.1. The highest BCUT2D eigenvalue weighted by Crippen LogP contribution is 2.11. The molecule has 1 atom stereocenters. The number of carbonyl (C=O) groups is 2. The Hall–Kier alpha value is -1.89. The van der Waals surface area contributed by atoms with Gasteiger partial charge >= 0.3 is 0 Å². The minimum atomic E-state index is -0.614. The Morgan fingerprint density at radius 3 is 2.24 bits per heavy atom. The Morgan fingerprint density at radius 2 is 1.62 bits per heavy atom. The van der Waals surface area contributed by atoms with Gasteiger partial charge in [0.2, 0.25) is 5.91 Å². The van der Waals surface area contributed by atoms with Crippen molar-refractivity contribution < 1.29 is 9.59 Å². The fraction of sp³-hybridized carbons (Fsp3) is 0.125. The van der Waals surface area contributed by atoms with Crippen molar-refractivity contribution in [3.8, 4) is 0 Å². The molecule has 2 N–H and O–H groups in total. The lowest BCUT2D eigenvalue weighted by molar-refractivity contribution is -0.117. The zero-order chi connectivity index (χ0) is 15.2. The molecule has 0 aliphatic carbocycles. The fourth-order valence-corrected chi connectivity index (χ4v) is 2.08. The summed E-state index contributed by atoms with van der Waals surface area (Å²) >= 11 is 2.20. The quantitative estimate of drug-likeness (QED) is 0.784. The van der Waals surface area contributed by atoms with Crippen LogP contribution in [-0.4, -0.2) is 17.9 Å². The van der Waals surface area contributed by atoms with Gasteiger partial charge in [0.05, 0.1) is 0 Å². The van der Waals surface area contributed by atoms with Crippen LogP contribution in [-0.2, 0) is 4.79 Å². The maximum Gasteiger partial charge on any atom is 0.251 e. The van der Waals surface area contributed by atoms with Crippen molar-refractivity contribution in [1.82, 2.24) is 5.32 Å². The van der Waals surface area contributed by atoms with Gasteiger partial charge < -0.3 is 10.6 Å². The van der Waals surface area contributed by atoms with E-state index in [1.54, 1.807) is 31.2 Å². The van der Waals surface area contributed by atoms with Gasteiger partial charge in [-0.25, -0.2) is 0 Å². The van der Waals surface area contributed by atoms with Gasteiger partial charge in [-0.05, 0) is 65.9 Å². The molecule has 2 amide bonds. The van der Waals surface area contributed by atoms with Gasteiger partial charge in [-0.3, -0.25) is 9.59 Å². The number of nitrogens with one attached hydrogen (secondary N) is 2. The maximum absolute atomic E-state index is 12.0. The third kappa shape index (κ3) is 4.56. The molecular formula is C16H15IN2O2. The smallest absolute Gasteiger partial charge is 0.251 e. The first-order chi connectivity index (χ1) is 10.1. The Labute approximate surface area is 137 Å². The molecule has 4 nitrogen and oxygen atoms in total. The van der Waals surface area contributed by atoms with E-state index in [1.807, 2.05) is 30.3 Å². The third-order valence-corrected chi connectivity index (χ3v) is 3.61. The fourth-order valence-electron chi connectivity index (χ4n) is 1.72. The molecule has 5 heteroatoms. The second-order valence-electron chi connectivity index (χ2n) is 4.56. The van der Waals surface area contributed by atoms with Crippen LogP contribution < -0.4 is 10.6 Å². The van der Waals surface area contributed by atoms with Gasteiger partial charge in [-0.15, -0.1) is 0 Å². The summed E-state index contributed by atoms with van der Waals surface area (Å²) in [7, 11) is 0. The Kier molecular flexibility index (Phi) is 5.32. The first-order valence-corrected chi connectivity index (χ1v) is 7.56. The maximum atomic E-state index is 12.0. The molecule has 0 aromatic heterocycles. The number of hydrogen-bond acceptors (Lipinski definition) is 2. The van der Waals surface area contributed by atoms with Crippen molar-refractivity contribution in [2.24, 2.45) is 0 Å². The topological polar surface area (TPSA) is 58.2 Å². The number of halogens is 1. The van der Waals surface area contributed by atoms with Crippen molar-refractivity contribution >= 4 is 40.1 Å². The molecule has 0 saturated heterocycles. The summed E-state index contributed by atoms with van der Waals surface area (Å²) in [5, 5.41) is 5.44. The Morgan fingerprint density at radius 1 is 1.00 bits per heavy atom. The van der Waals surface area contributed by atoms with E-state index in [9.17, 15) is 9.59 Å².